The molecule has 3 rings (SSSR count). The van der Waals surface area contributed by atoms with Crippen molar-refractivity contribution in [3.05, 3.63) is 107 Å². The zero-order valence-electron chi connectivity index (χ0n) is 20.1. The molecule has 0 aliphatic rings. The third-order valence-corrected chi connectivity index (χ3v) is 5.69. The average molecular weight is 461 g/mol. The normalized spacial score (nSPS) is 11.8. The van der Waals surface area contributed by atoms with E-state index in [-0.39, 0.29) is 30.7 Å². The maximum Gasteiger partial charge on any atom is 0.243 e. The van der Waals surface area contributed by atoms with Gasteiger partial charge in [-0.2, -0.15) is 0 Å². The van der Waals surface area contributed by atoms with E-state index in [9.17, 15) is 14.0 Å². The Kier molecular flexibility index (Phi) is 8.97. The van der Waals surface area contributed by atoms with Crippen LogP contribution >= 0.6 is 0 Å². The fourth-order valence-electron chi connectivity index (χ4n) is 3.89. The average Bonchev–Trinajstić information content (AvgIpc) is 2.82. The van der Waals surface area contributed by atoms with E-state index >= 15 is 0 Å². The molecule has 3 aromatic rings. The van der Waals surface area contributed by atoms with Crippen LogP contribution in [0, 0.1) is 18.7 Å². The smallest absolute Gasteiger partial charge is 0.243 e. The van der Waals surface area contributed by atoms with E-state index in [1.165, 1.54) is 6.07 Å². The number of nitrogens with one attached hydrogen (secondary N) is 1. The number of benzene rings is 3. The van der Waals surface area contributed by atoms with Crippen molar-refractivity contribution in [2.75, 3.05) is 6.54 Å². The minimum atomic E-state index is -0.721. The maximum atomic E-state index is 14.4. The number of hydrogen-bond donors (Lipinski definition) is 1. The molecule has 0 bridgehead atoms. The lowest BCUT2D eigenvalue weighted by Gasteiger charge is -2.32. The van der Waals surface area contributed by atoms with Crippen LogP contribution in [0.3, 0.4) is 0 Å². The molecule has 2 amide bonds. The van der Waals surface area contributed by atoms with Crippen molar-refractivity contribution in [3.63, 3.8) is 0 Å². The van der Waals surface area contributed by atoms with Gasteiger partial charge in [0, 0.05) is 19.5 Å². The van der Waals surface area contributed by atoms with Crippen LogP contribution in [0.2, 0.25) is 0 Å². The first-order valence-electron chi connectivity index (χ1n) is 11.7. The molecule has 4 nitrogen and oxygen atoms in total. The first kappa shape index (κ1) is 25.2. The highest BCUT2D eigenvalue weighted by Crippen LogP contribution is 2.18. The lowest BCUT2D eigenvalue weighted by Crippen LogP contribution is -2.51. The Labute approximate surface area is 201 Å². The molecule has 0 saturated carbocycles. The molecular weight excluding hydrogens is 427 g/mol. The first-order chi connectivity index (χ1) is 16.3. The summed E-state index contributed by atoms with van der Waals surface area (Å²) >= 11 is 0. The number of nitrogens with zero attached hydrogens (tertiary/aromatic N) is 1. The molecule has 0 fully saturated rings. The van der Waals surface area contributed by atoms with Gasteiger partial charge in [0.1, 0.15) is 11.9 Å². The van der Waals surface area contributed by atoms with E-state index < -0.39 is 11.9 Å². The van der Waals surface area contributed by atoms with Crippen molar-refractivity contribution in [2.24, 2.45) is 5.92 Å². The molecule has 0 radical (unpaired) electrons. The van der Waals surface area contributed by atoms with Crippen LogP contribution < -0.4 is 5.32 Å². The van der Waals surface area contributed by atoms with Crippen molar-refractivity contribution in [1.82, 2.24) is 10.2 Å². The summed E-state index contributed by atoms with van der Waals surface area (Å²) in [6.45, 7) is 6.83. The zero-order valence-corrected chi connectivity index (χ0v) is 20.1. The van der Waals surface area contributed by atoms with Crippen LogP contribution in [0.4, 0.5) is 4.39 Å². The Morgan fingerprint density at radius 1 is 0.912 bits per heavy atom. The predicted octanol–water partition coefficient (Wildman–Crippen LogP) is 5.09. The van der Waals surface area contributed by atoms with Gasteiger partial charge >= 0.3 is 0 Å². The second-order valence-electron chi connectivity index (χ2n) is 9.12. The fourth-order valence-corrected chi connectivity index (χ4v) is 3.89. The highest BCUT2D eigenvalue weighted by Gasteiger charge is 2.30. The van der Waals surface area contributed by atoms with Gasteiger partial charge in [-0.1, -0.05) is 92.2 Å². The highest BCUT2D eigenvalue weighted by atomic mass is 19.1. The van der Waals surface area contributed by atoms with Crippen molar-refractivity contribution >= 4 is 11.8 Å². The monoisotopic (exact) mass is 460 g/mol. The molecule has 0 saturated heterocycles. The van der Waals surface area contributed by atoms with Gasteiger partial charge in [0.2, 0.25) is 11.8 Å². The lowest BCUT2D eigenvalue weighted by molar-refractivity contribution is -0.140. The summed E-state index contributed by atoms with van der Waals surface area (Å²) in [7, 11) is 0. The number of hydrogen-bond acceptors (Lipinski definition) is 2. The SMILES string of the molecule is Cc1cccc(CN(C(=O)Cc2ccccc2F)C(Cc2ccccc2)C(=O)NCC(C)C)c1. The molecule has 178 valence electrons. The second kappa shape index (κ2) is 12.1. The molecule has 3 aromatic carbocycles. The van der Waals surface area contributed by atoms with Crippen LogP contribution in [-0.4, -0.2) is 29.3 Å². The summed E-state index contributed by atoms with van der Waals surface area (Å²) in [5, 5.41) is 3.00. The van der Waals surface area contributed by atoms with E-state index in [2.05, 4.69) is 5.32 Å². The Morgan fingerprint density at radius 2 is 1.59 bits per heavy atom. The van der Waals surface area contributed by atoms with Gasteiger partial charge in [-0.25, -0.2) is 4.39 Å². The van der Waals surface area contributed by atoms with Gasteiger partial charge in [0.05, 0.1) is 6.42 Å². The van der Waals surface area contributed by atoms with Gasteiger partial charge in [0.15, 0.2) is 0 Å². The van der Waals surface area contributed by atoms with E-state index in [1.54, 1.807) is 23.1 Å². The van der Waals surface area contributed by atoms with Crippen molar-refractivity contribution in [2.45, 2.75) is 46.2 Å². The summed E-state index contributed by atoms with van der Waals surface area (Å²) in [6, 6.07) is 23.1. The number of carbonyl (C=O) groups is 2. The molecular formula is C29H33FN2O2. The first-order valence-corrected chi connectivity index (χ1v) is 11.7. The number of carbonyl (C=O) groups excluding carboxylic acids is 2. The topological polar surface area (TPSA) is 49.4 Å². The molecule has 1 N–H and O–H groups in total. The van der Waals surface area contributed by atoms with Gasteiger partial charge in [-0.05, 0) is 35.6 Å². The number of amides is 2. The number of aryl methyl sites for hydroxylation is 1. The molecule has 0 aliphatic heterocycles. The highest BCUT2D eigenvalue weighted by molar-refractivity contribution is 5.88. The quantitative estimate of drug-likeness (QED) is 0.458. The molecule has 34 heavy (non-hydrogen) atoms. The number of halogens is 1. The molecule has 0 aliphatic carbocycles. The lowest BCUT2D eigenvalue weighted by atomic mass is 10.0. The Morgan fingerprint density at radius 3 is 2.26 bits per heavy atom. The van der Waals surface area contributed by atoms with Crippen LogP contribution in [0.1, 0.15) is 36.1 Å². The van der Waals surface area contributed by atoms with Crippen molar-refractivity contribution < 1.29 is 14.0 Å². The van der Waals surface area contributed by atoms with Gasteiger partial charge in [-0.3, -0.25) is 9.59 Å². The van der Waals surface area contributed by atoms with Crippen LogP contribution in [0.25, 0.3) is 0 Å². The summed E-state index contributed by atoms with van der Waals surface area (Å²) in [6.07, 6.45) is 0.265. The summed E-state index contributed by atoms with van der Waals surface area (Å²) in [5.41, 5.74) is 3.28. The Balaban J connectivity index is 1.97. The van der Waals surface area contributed by atoms with Gasteiger partial charge in [-0.15, -0.1) is 0 Å². The van der Waals surface area contributed by atoms with Crippen LogP contribution in [0.5, 0.6) is 0 Å². The van der Waals surface area contributed by atoms with Crippen LogP contribution in [0.15, 0.2) is 78.9 Å². The van der Waals surface area contributed by atoms with Crippen LogP contribution in [-0.2, 0) is 29.0 Å². The fraction of sp³-hybridized carbons (Fsp3) is 0.310. The van der Waals surface area contributed by atoms with Gasteiger partial charge in [0.25, 0.3) is 0 Å². The maximum absolute atomic E-state index is 14.4. The minimum Gasteiger partial charge on any atom is -0.354 e. The molecule has 0 heterocycles. The third kappa shape index (κ3) is 7.27. The molecule has 1 unspecified atom stereocenters. The Hall–Kier alpha value is -3.47. The van der Waals surface area contributed by atoms with E-state index in [0.29, 0.717) is 18.5 Å². The molecule has 5 heteroatoms. The predicted molar refractivity (Wildman–Crippen MR) is 134 cm³/mol. The summed E-state index contributed by atoms with van der Waals surface area (Å²) in [5.74, 6) is -0.629. The van der Waals surface area contributed by atoms with Crippen molar-refractivity contribution in [1.29, 1.82) is 0 Å². The minimum absolute atomic E-state index is 0.110. The Bertz CT molecular complexity index is 1100. The van der Waals surface area contributed by atoms with Gasteiger partial charge < -0.3 is 10.2 Å². The third-order valence-electron chi connectivity index (χ3n) is 5.69. The van der Waals surface area contributed by atoms with E-state index in [1.807, 2.05) is 75.4 Å². The standard InChI is InChI=1S/C29H33FN2O2/c1-21(2)19-31-29(34)27(17-23-11-5-4-6-12-23)32(20-24-13-9-10-22(3)16-24)28(33)18-25-14-7-8-15-26(25)30/h4-16,21,27H,17-20H2,1-3H3,(H,31,34). The molecule has 0 aromatic heterocycles. The largest absolute Gasteiger partial charge is 0.354 e. The summed E-state index contributed by atoms with van der Waals surface area (Å²) < 4.78 is 14.4. The molecule has 1 atom stereocenters. The second-order valence-corrected chi connectivity index (χ2v) is 9.12. The number of rotatable bonds is 10. The van der Waals surface area contributed by atoms with E-state index in [0.717, 1.165) is 16.7 Å². The zero-order chi connectivity index (χ0) is 24.5. The van der Waals surface area contributed by atoms with E-state index in [4.69, 9.17) is 0 Å². The summed E-state index contributed by atoms with van der Waals surface area (Å²) in [4.78, 5) is 28.6. The molecule has 0 spiro atoms. The van der Waals surface area contributed by atoms with Crippen molar-refractivity contribution in [3.8, 4) is 0 Å².